The Balaban J connectivity index is 2.28. The predicted octanol–water partition coefficient (Wildman–Crippen LogP) is 2.97. The number of hydrogen-bond acceptors (Lipinski definition) is 0. The van der Waals surface area contributed by atoms with E-state index in [-0.39, 0.29) is 0 Å². The molecule has 0 aliphatic heterocycles. The van der Waals surface area contributed by atoms with Crippen LogP contribution in [-0.2, 0) is 25.7 Å². The lowest BCUT2D eigenvalue weighted by molar-refractivity contribution is 0.887. The van der Waals surface area contributed by atoms with Crippen molar-refractivity contribution >= 4 is 0 Å². The van der Waals surface area contributed by atoms with Crippen molar-refractivity contribution < 1.29 is 0 Å². The van der Waals surface area contributed by atoms with Gasteiger partial charge in [-0.3, -0.25) is 0 Å². The van der Waals surface area contributed by atoms with Gasteiger partial charge in [-0.1, -0.05) is 6.07 Å². The molecule has 0 saturated carbocycles. The van der Waals surface area contributed by atoms with Gasteiger partial charge >= 0.3 is 0 Å². The largest absolute Gasteiger partial charge is 0.0555 e. The van der Waals surface area contributed by atoms with Crippen molar-refractivity contribution in [2.75, 3.05) is 0 Å². The average molecular weight is 172 g/mol. The molecule has 1 aromatic rings. The van der Waals surface area contributed by atoms with Gasteiger partial charge in [0.2, 0.25) is 0 Å². The fraction of sp³-hybridized carbons (Fsp3) is 0.538. The van der Waals surface area contributed by atoms with Crippen LogP contribution in [0.3, 0.4) is 0 Å². The van der Waals surface area contributed by atoms with E-state index in [2.05, 4.69) is 13.0 Å². The third-order valence-corrected chi connectivity index (χ3v) is 3.71. The summed E-state index contributed by atoms with van der Waals surface area (Å²) in [6.07, 6.45) is 8.19. The maximum absolute atomic E-state index is 2.45. The highest BCUT2D eigenvalue weighted by atomic mass is 14.3. The minimum atomic E-state index is 1.34. The second-order valence-electron chi connectivity index (χ2n) is 4.50. The summed E-state index contributed by atoms with van der Waals surface area (Å²) >= 11 is 0. The van der Waals surface area contributed by atoms with E-state index in [1.54, 1.807) is 27.8 Å². The molecule has 0 amide bonds. The monoisotopic (exact) mass is 172 g/mol. The van der Waals surface area contributed by atoms with E-state index in [1.807, 2.05) is 0 Å². The van der Waals surface area contributed by atoms with Crippen LogP contribution in [0.5, 0.6) is 0 Å². The van der Waals surface area contributed by atoms with Crippen LogP contribution in [0.25, 0.3) is 0 Å². The summed E-state index contributed by atoms with van der Waals surface area (Å²) < 4.78 is 0. The summed E-state index contributed by atoms with van der Waals surface area (Å²) in [5.41, 5.74) is 8.40. The topological polar surface area (TPSA) is 0 Å². The van der Waals surface area contributed by atoms with Crippen molar-refractivity contribution in [3.8, 4) is 0 Å². The summed E-state index contributed by atoms with van der Waals surface area (Å²) in [4.78, 5) is 0. The Hall–Kier alpha value is -0.780. The summed E-state index contributed by atoms with van der Waals surface area (Å²) in [5.74, 6) is 0. The average Bonchev–Trinajstić information content (AvgIpc) is 2.66. The first-order chi connectivity index (χ1) is 6.36. The van der Waals surface area contributed by atoms with Gasteiger partial charge < -0.3 is 0 Å². The van der Waals surface area contributed by atoms with Crippen LogP contribution >= 0.6 is 0 Å². The molecule has 68 valence electrons. The van der Waals surface area contributed by atoms with Crippen molar-refractivity contribution in [1.29, 1.82) is 0 Å². The third kappa shape index (κ3) is 0.979. The fourth-order valence-electron chi connectivity index (χ4n) is 3.13. The van der Waals surface area contributed by atoms with E-state index < -0.39 is 0 Å². The molecule has 13 heavy (non-hydrogen) atoms. The summed E-state index contributed by atoms with van der Waals surface area (Å²) in [5, 5.41) is 0. The normalized spacial score (nSPS) is 18.8. The van der Waals surface area contributed by atoms with Crippen LogP contribution in [0.15, 0.2) is 6.07 Å². The molecule has 0 N–H and O–H groups in total. The smallest absolute Gasteiger partial charge is 0.0270 e. The zero-order valence-corrected chi connectivity index (χ0v) is 8.32. The van der Waals surface area contributed by atoms with Gasteiger partial charge in [0.05, 0.1) is 0 Å². The Morgan fingerprint density at radius 1 is 0.846 bits per heavy atom. The van der Waals surface area contributed by atoms with Gasteiger partial charge in [-0.05, 0) is 73.3 Å². The molecule has 0 heterocycles. The molecule has 0 aromatic heterocycles. The van der Waals surface area contributed by atoms with Gasteiger partial charge in [-0.15, -0.1) is 0 Å². The molecule has 0 unspecified atom stereocenters. The van der Waals surface area contributed by atoms with E-state index in [1.165, 1.54) is 38.5 Å². The zero-order valence-electron chi connectivity index (χ0n) is 8.32. The standard InChI is InChI=1S/C13H16/c1-9-8-10-4-2-6-12(10)13-7-3-5-11(9)13/h8H,2-7H2,1H3. The van der Waals surface area contributed by atoms with Crippen LogP contribution in [0.4, 0.5) is 0 Å². The molecule has 3 rings (SSSR count). The predicted molar refractivity (Wildman–Crippen MR) is 55.2 cm³/mol. The quantitative estimate of drug-likeness (QED) is 0.564. The molecule has 0 nitrogen and oxygen atoms in total. The number of aryl methyl sites for hydroxylation is 2. The molecule has 2 aliphatic carbocycles. The van der Waals surface area contributed by atoms with Gasteiger partial charge in [0, 0.05) is 0 Å². The highest BCUT2D eigenvalue weighted by Gasteiger charge is 2.22. The second kappa shape index (κ2) is 2.60. The van der Waals surface area contributed by atoms with E-state index in [9.17, 15) is 0 Å². The van der Waals surface area contributed by atoms with Crippen molar-refractivity contribution in [1.82, 2.24) is 0 Å². The Kier molecular flexibility index (Phi) is 1.52. The summed E-state index contributed by atoms with van der Waals surface area (Å²) in [7, 11) is 0. The first kappa shape index (κ1) is 7.61. The SMILES string of the molecule is Cc1cc2c(c3c1CCC3)CCC2. The molecular formula is C13H16. The second-order valence-corrected chi connectivity index (χ2v) is 4.50. The van der Waals surface area contributed by atoms with Gasteiger partial charge in [-0.25, -0.2) is 0 Å². The van der Waals surface area contributed by atoms with Gasteiger partial charge in [0.15, 0.2) is 0 Å². The molecule has 1 aromatic carbocycles. The molecule has 0 bridgehead atoms. The molecule has 0 saturated heterocycles. The summed E-state index contributed by atoms with van der Waals surface area (Å²) in [6.45, 7) is 2.29. The minimum Gasteiger partial charge on any atom is -0.0555 e. The van der Waals surface area contributed by atoms with E-state index in [0.717, 1.165) is 0 Å². The van der Waals surface area contributed by atoms with Crippen molar-refractivity contribution in [2.24, 2.45) is 0 Å². The fourth-order valence-corrected chi connectivity index (χ4v) is 3.13. The highest BCUT2D eigenvalue weighted by molar-refractivity contribution is 5.49. The molecule has 0 spiro atoms. The Labute approximate surface area is 80.0 Å². The van der Waals surface area contributed by atoms with E-state index >= 15 is 0 Å². The summed E-state index contributed by atoms with van der Waals surface area (Å²) in [6, 6.07) is 2.45. The molecule has 0 radical (unpaired) electrons. The van der Waals surface area contributed by atoms with Crippen LogP contribution in [0, 0.1) is 6.92 Å². The highest BCUT2D eigenvalue weighted by Crippen LogP contribution is 2.35. The van der Waals surface area contributed by atoms with Crippen molar-refractivity contribution in [3.63, 3.8) is 0 Å². The Morgan fingerprint density at radius 2 is 1.54 bits per heavy atom. The van der Waals surface area contributed by atoms with Crippen LogP contribution in [-0.4, -0.2) is 0 Å². The number of benzene rings is 1. The zero-order chi connectivity index (χ0) is 8.84. The lowest BCUT2D eigenvalue weighted by Gasteiger charge is -2.10. The molecule has 0 heteroatoms. The molecule has 2 aliphatic rings. The van der Waals surface area contributed by atoms with Gasteiger partial charge in [0.25, 0.3) is 0 Å². The van der Waals surface area contributed by atoms with Gasteiger partial charge in [-0.2, -0.15) is 0 Å². The number of hydrogen-bond donors (Lipinski definition) is 0. The maximum Gasteiger partial charge on any atom is -0.0270 e. The van der Waals surface area contributed by atoms with Crippen LogP contribution < -0.4 is 0 Å². The minimum absolute atomic E-state index is 1.34. The molecule has 0 atom stereocenters. The first-order valence-corrected chi connectivity index (χ1v) is 5.49. The molecular weight excluding hydrogens is 156 g/mol. The van der Waals surface area contributed by atoms with E-state index in [4.69, 9.17) is 0 Å². The number of rotatable bonds is 0. The van der Waals surface area contributed by atoms with Crippen molar-refractivity contribution in [3.05, 3.63) is 33.9 Å². The van der Waals surface area contributed by atoms with Crippen LogP contribution in [0.2, 0.25) is 0 Å². The molecule has 0 fully saturated rings. The number of fused-ring (bicyclic) bond motifs is 3. The van der Waals surface area contributed by atoms with Crippen molar-refractivity contribution in [2.45, 2.75) is 45.4 Å². The maximum atomic E-state index is 2.45. The Morgan fingerprint density at radius 3 is 2.46 bits per heavy atom. The third-order valence-electron chi connectivity index (χ3n) is 3.71. The van der Waals surface area contributed by atoms with Gasteiger partial charge in [0.1, 0.15) is 0 Å². The lowest BCUT2D eigenvalue weighted by atomic mass is 9.95. The Bertz CT molecular complexity index is 361. The van der Waals surface area contributed by atoms with E-state index in [0.29, 0.717) is 0 Å². The lowest BCUT2D eigenvalue weighted by Crippen LogP contribution is -1.95. The van der Waals surface area contributed by atoms with Crippen LogP contribution in [0.1, 0.15) is 40.7 Å². The first-order valence-electron chi connectivity index (χ1n) is 5.49.